The van der Waals surface area contributed by atoms with Crippen LogP contribution in [0.2, 0.25) is 5.02 Å². The molecule has 1 aromatic rings. The van der Waals surface area contributed by atoms with Gasteiger partial charge in [0.2, 0.25) is 0 Å². The van der Waals surface area contributed by atoms with E-state index >= 15 is 0 Å². The maximum atomic E-state index is 13.2. The lowest BCUT2D eigenvalue weighted by atomic mass is 9.93. The van der Waals surface area contributed by atoms with Crippen molar-refractivity contribution in [1.82, 2.24) is 4.90 Å². The molecular formula is C15H19ClFNO2. The summed E-state index contributed by atoms with van der Waals surface area (Å²) in [6, 6.07) is 4.16. The molecule has 1 aliphatic carbocycles. The van der Waals surface area contributed by atoms with Gasteiger partial charge in [-0.1, -0.05) is 30.9 Å². The molecule has 0 saturated heterocycles. The molecule has 1 aliphatic rings. The fraction of sp³-hybridized carbons (Fsp3) is 0.533. The van der Waals surface area contributed by atoms with Crippen molar-refractivity contribution in [3.8, 4) is 0 Å². The highest BCUT2D eigenvalue weighted by Gasteiger charge is 2.26. The van der Waals surface area contributed by atoms with Gasteiger partial charge < -0.3 is 10.0 Å². The number of hydrogen-bond acceptors (Lipinski definition) is 2. The van der Waals surface area contributed by atoms with E-state index in [9.17, 15) is 14.3 Å². The van der Waals surface area contributed by atoms with Gasteiger partial charge >= 0.3 is 0 Å². The number of halogens is 2. The van der Waals surface area contributed by atoms with Gasteiger partial charge in [-0.25, -0.2) is 4.39 Å². The van der Waals surface area contributed by atoms with Crippen LogP contribution in [-0.2, 0) is 0 Å². The first kappa shape index (κ1) is 15.3. The van der Waals surface area contributed by atoms with Crippen LogP contribution in [0.4, 0.5) is 4.39 Å². The van der Waals surface area contributed by atoms with E-state index in [1.165, 1.54) is 24.6 Å². The summed E-state index contributed by atoms with van der Waals surface area (Å²) >= 11 is 5.73. The standard InChI is InChI=1S/C15H19ClFNO2/c16-13-10-11(6-7-14(13)17)15(20)18(8-9-19)12-4-2-1-3-5-12/h6-7,10,12,19H,1-5,8-9H2. The van der Waals surface area contributed by atoms with E-state index in [1.54, 1.807) is 4.90 Å². The number of rotatable bonds is 4. The molecule has 20 heavy (non-hydrogen) atoms. The average Bonchev–Trinajstić information content (AvgIpc) is 2.48. The van der Waals surface area contributed by atoms with E-state index < -0.39 is 5.82 Å². The molecule has 1 fully saturated rings. The Balaban J connectivity index is 2.18. The van der Waals surface area contributed by atoms with E-state index in [0.29, 0.717) is 12.1 Å². The van der Waals surface area contributed by atoms with Crippen molar-refractivity contribution in [2.24, 2.45) is 0 Å². The Labute approximate surface area is 123 Å². The average molecular weight is 300 g/mol. The predicted octanol–water partition coefficient (Wildman–Crippen LogP) is 3.25. The fourth-order valence-corrected chi connectivity index (χ4v) is 2.93. The van der Waals surface area contributed by atoms with Crippen LogP contribution < -0.4 is 0 Å². The minimum Gasteiger partial charge on any atom is -0.395 e. The van der Waals surface area contributed by atoms with Gasteiger partial charge in [-0.2, -0.15) is 0 Å². The second-order valence-electron chi connectivity index (χ2n) is 5.14. The number of carbonyl (C=O) groups is 1. The van der Waals surface area contributed by atoms with Crippen molar-refractivity contribution in [3.63, 3.8) is 0 Å². The predicted molar refractivity (Wildman–Crippen MR) is 76.4 cm³/mol. The first-order chi connectivity index (χ1) is 9.63. The minimum atomic E-state index is -0.533. The summed E-state index contributed by atoms with van der Waals surface area (Å²) < 4.78 is 13.2. The number of amides is 1. The van der Waals surface area contributed by atoms with Crippen LogP contribution in [0.15, 0.2) is 18.2 Å². The Hall–Kier alpha value is -1.13. The molecule has 1 saturated carbocycles. The van der Waals surface area contributed by atoms with Crippen molar-refractivity contribution in [3.05, 3.63) is 34.6 Å². The highest BCUT2D eigenvalue weighted by Crippen LogP contribution is 2.25. The number of hydrogen-bond donors (Lipinski definition) is 1. The summed E-state index contributed by atoms with van der Waals surface area (Å²) in [5.74, 6) is -0.720. The van der Waals surface area contributed by atoms with Crippen LogP contribution in [0.3, 0.4) is 0 Å². The Kier molecular flexibility index (Phi) is 5.38. The zero-order valence-corrected chi connectivity index (χ0v) is 12.1. The molecule has 2 rings (SSSR count). The highest BCUT2D eigenvalue weighted by atomic mass is 35.5. The van der Waals surface area contributed by atoms with Crippen LogP contribution in [0.5, 0.6) is 0 Å². The van der Waals surface area contributed by atoms with Gasteiger partial charge in [-0.3, -0.25) is 4.79 Å². The Morgan fingerprint density at radius 3 is 2.65 bits per heavy atom. The normalized spacial score (nSPS) is 16.1. The monoisotopic (exact) mass is 299 g/mol. The van der Waals surface area contributed by atoms with E-state index in [2.05, 4.69) is 0 Å². The van der Waals surface area contributed by atoms with Crippen molar-refractivity contribution in [2.45, 2.75) is 38.1 Å². The zero-order valence-electron chi connectivity index (χ0n) is 11.3. The van der Waals surface area contributed by atoms with Crippen molar-refractivity contribution in [1.29, 1.82) is 0 Å². The number of nitrogens with zero attached hydrogens (tertiary/aromatic N) is 1. The van der Waals surface area contributed by atoms with Crippen LogP contribution in [0.25, 0.3) is 0 Å². The van der Waals surface area contributed by atoms with E-state index in [1.807, 2.05) is 0 Å². The summed E-state index contributed by atoms with van der Waals surface area (Å²) in [6.07, 6.45) is 5.31. The van der Waals surface area contributed by atoms with Crippen LogP contribution >= 0.6 is 11.6 Å². The summed E-state index contributed by atoms with van der Waals surface area (Å²) in [6.45, 7) is 0.232. The molecule has 1 N–H and O–H groups in total. The first-order valence-electron chi connectivity index (χ1n) is 7.00. The summed E-state index contributed by atoms with van der Waals surface area (Å²) in [7, 11) is 0. The van der Waals surface area contributed by atoms with Crippen molar-refractivity contribution < 1.29 is 14.3 Å². The minimum absolute atomic E-state index is 0.0524. The quantitative estimate of drug-likeness (QED) is 0.927. The molecule has 0 radical (unpaired) electrons. The summed E-state index contributed by atoms with van der Waals surface area (Å²) in [5, 5.41) is 9.13. The molecule has 0 heterocycles. The third-order valence-electron chi connectivity index (χ3n) is 3.78. The van der Waals surface area contributed by atoms with Crippen LogP contribution in [0, 0.1) is 5.82 Å². The van der Waals surface area contributed by atoms with Gasteiger partial charge in [0, 0.05) is 18.2 Å². The smallest absolute Gasteiger partial charge is 0.254 e. The Morgan fingerprint density at radius 1 is 1.35 bits per heavy atom. The third kappa shape index (κ3) is 3.49. The lowest BCUT2D eigenvalue weighted by Crippen LogP contribution is -2.43. The van der Waals surface area contributed by atoms with Gasteiger partial charge in [0.05, 0.1) is 11.6 Å². The van der Waals surface area contributed by atoms with Crippen LogP contribution in [0.1, 0.15) is 42.5 Å². The van der Waals surface area contributed by atoms with Gasteiger partial charge in [-0.05, 0) is 31.0 Å². The lowest BCUT2D eigenvalue weighted by Gasteiger charge is -2.34. The largest absolute Gasteiger partial charge is 0.395 e. The molecule has 110 valence electrons. The topological polar surface area (TPSA) is 40.5 Å². The van der Waals surface area contributed by atoms with Gasteiger partial charge in [-0.15, -0.1) is 0 Å². The van der Waals surface area contributed by atoms with E-state index in [0.717, 1.165) is 25.7 Å². The van der Waals surface area contributed by atoms with Gasteiger partial charge in [0.1, 0.15) is 5.82 Å². The summed E-state index contributed by atoms with van der Waals surface area (Å²) in [5.41, 5.74) is 0.371. The van der Waals surface area contributed by atoms with Crippen molar-refractivity contribution >= 4 is 17.5 Å². The number of benzene rings is 1. The molecule has 3 nitrogen and oxygen atoms in total. The molecule has 0 bridgehead atoms. The molecule has 0 unspecified atom stereocenters. The number of aliphatic hydroxyl groups excluding tert-OH is 1. The maximum absolute atomic E-state index is 13.2. The molecule has 5 heteroatoms. The molecule has 0 aliphatic heterocycles. The van der Waals surface area contributed by atoms with Gasteiger partial charge in [0.15, 0.2) is 0 Å². The first-order valence-corrected chi connectivity index (χ1v) is 7.38. The SMILES string of the molecule is O=C(c1ccc(F)c(Cl)c1)N(CCO)C1CCCCC1. The zero-order chi connectivity index (χ0) is 14.5. The summed E-state index contributed by atoms with van der Waals surface area (Å²) in [4.78, 5) is 14.2. The second-order valence-corrected chi connectivity index (χ2v) is 5.55. The molecule has 1 aromatic carbocycles. The van der Waals surface area contributed by atoms with E-state index in [4.69, 9.17) is 11.6 Å². The molecule has 0 atom stereocenters. The molecule has 1 amide bonds. The number of aliphatic hydroxyl groups is 1. The third-order valence-corrected chi connectivity index (χ3v) is 4.07. The molecule has 0 aromatic heterocycles. The highest BCUT2D eigenvalue weighted by molar-refractivity contribution is 6.31. The molecule has 0 spiro atoms. The lowest BCUT2D eigenvalue weighted by molar-refractivity contribution is 0.0585. The second kappa shape index (κ2) is 7.04. The Bertz CT molecular complexity index is 475. The Morgan fingerprint density at radius 2 is 2.05 bits per heavy atom. The maximum Gasteiger partial charge on any atom is 0.254 e. The number of carbonyl (C=O) groups excluding carboxylic acids is 1. The van der Waals surface area contributed by atoms with Crippen molar-refractivity contribution in [2.75, 3.05) is 13.2 Å². The van der Waals surface area contributed by atoms with Crippen LogP contribution in [-0.4, -0.2) is 35.1 Å². The fourth-order valence-electron chi connectivity index (χ4n) is 2.75. The van der Waals surface area contributed by atoms with E-state index in [-0.39, 0.29) is 23.6 Å². The molecular weight excluding hydrogens is 281 g/mol. The van der Waals surface area contributed by atoms with Gasteiger partial charge in [0.25, 0.3) is 5.91 Å².